The van der Waals surface area contributed by atoms with E-state index in [1.54, 1.807) is 6.07 Å². The molecule has 0 bridgehead atoms. The van der Waals surface area contributed by atoms with Crippen LogP contribution in [0.5, 0.6) is 11.5 Å². The first-order chi connectivity index (χ1) is 11.7. The molecule has 0 saturated carbocycles. The number of nitrogens with zero attached hydrogens (tertiary/aromatic N) is 1. The van der Waals surface area contributed by atoms with Gasteiger partial charge in [0.15, 0.2) is 17.2 Å². The van der Waals surface area contributed by atoms with Crippen molar-refractivity contribution in [2.75, 3.05) is 13.7 Å². The van der Waals surface area contributed by atoms with Crippen LogP contribution in [-0.2, 0) is 11.3 Å². The number of aromatic nitrogens is 1. The molecule has 1 atom stereocenters. The van der Waals surface area contributed by atoms with E-state index in [9.17, 15) is 9.90 Å². The molecule has 0 aliphatic carbocycles. The van der Waals surface area contributed by atoms with Crippen molar-refractivity contribution < 1.29 is 19.4 Å². The zero-order valence-corrected chi connectivity index (χ0v) is 13.5. The van der Waals surface area contributed by atoms with Crippen LogP contribution in [0.3, 0.4) is 0 Å². The number of benzene rings is 1. The van der Waals surface area contributed by atoms with Crippen molar-refractivity contribution in [1.82, 2.24) is 10.3 Å². The third-order valence-electron chi connectivity index (χ3n) is 3.97. The molecule has 1 unspecified atom stereocenters. The first kappa shape index (κ1) is 16.3. The summed E-state index contributed by atoms with van der Waals surface area (Å²) in [7, 11) is 1.44. The second-order valence-electron chi connectivity index (χ2n) is 5.62. The predicted molar refractivity (Wildman–Crippen MR) is 88.0 cm³/mol. The highest BCUT2D eigenvalue weighted by Gasteiger charge is 2.25. The molecule has 0 radical (unpaired) electrons. The number of hydrogen-bond acceptors (Lipinski definition) is 5. The van der Waals surface area contributed by atoms with Gasteiger partial charge in [0.25, 0.3) is 5.91 Å². The Hall–Kier alpha value is -2.60. The van der Waals surface area contributed by atoms with Crippen molar-refractivity contribution >= 4 is 5.91 Å². The second kappa shape index (κ2) is 7.31. The zero-order valence-electron chi connectivity index (χ0n) is 13.5. The van der Waals surface area contributed by atoms with Crippen LogP contribution in [0.2, 0.25) is 0 Å². The van der Waals surface area contributed by atoms with E-state index < -0.39 is 5.91 Å². The summed E-state index contributed by atoms with van der Waals surface area (Å²) >= 11 is 0. The molecule has 3 rings (SSSR count). The average molecular weight is 328 g/mol. The molecule has 6 nitrogen and oxygen atoms in total. The molecule has 2 heterocycles. The summed E-state index contributed by atoms with van der Waals surface area (Å²) in [6.45, 7) is 1.03. The van der Waals surface area contributed by atoms with Crippen LogP contribution in [0, 0.1) is 0 Å². The third kappa shape index (κ3) is 3.49. The summed E-state index contributed by atoms with van der Waals surface area (Å²) in [5, 5.41) is 13.0. The lowest BCUT2D eigenvalue weighted by atomic mass is 10.1. The Morgan fingerprint density at radius 2 is 2.21 bits per heavy atom. The number of methoxy groups -OCH3 is 1. The van der Waals surface area contributed by atoms with Gasteiger partial charge in [-0.15, -0.1) is 0 Å². The van der Waals surface area contributed by atoms with Crippen LogP contribution in [0.1, 0.15) is 40.7 Å². The number of carbonyl (C=O) groups is 1. The number of hydrogen-bond donors (Lipinski definition) is 2. The lowest BCUT2D eigenvalue weighted by molar-refractivity contribution is 0.0935. The normalized spacial score (nSPS) is 16.8. The van der Waals surface area contributed by atoms with Crippen molar-refractivity contribution in [3.63, 3.8) is 0 Å². The van der Waals surface area contributed by atoms with Gasteiger partial charge < -0.3 is 19.9 Å². The first-order valence-corrected chi connectivity index (χ1v) is 7.90. The molecule has 1 aliphatic heterocycles. The van der Waals surface area contributed by atoms with Crippen molar-refractivity contribution in [3.05, 3.63) is 53.3 Å². The quantitative estimate of drug-likeness (QED) is 0.882. The molecule has 1 aromatic heterocycles. The maximum Gasteiger partial charge on any atom is 0.274 e. The van der Waals surface area contributed by atoms with Gasteiger partial charge in [0.05, 0.1) is 18.9 Å². The molecule has 1 aliphatic rings. The third-order valence-corrected chi connectivity index (χ3v) is 3.97. The van der Waals surface area contributed by atoms with E-state index in [1.807, 2.05) is 30.3 Å². The fourth-order valence-electron chi connectivity index (χ4n) is 2.69. The summed E-state index contributed by atoms with van der Waals surface area (Å²) in [6.07, 6.45) is 1.62. The number of aromatic hydroxyl groups is 1. The van der Waals surface area contributed by atoms with Crippen molar-refractivity contribution in [2.45, 2.75) is 25.5 Å². The summed E-state index contributed by atoms with van der Waals surface area (Å²) < 4.78 is 10.8. The van der Waals surface area contributed by atoms with Crippen molar-refractivity contribution in [3.8, 4) is 11.5 Å². The lowest BCUT2D eigenvalue weighted by Crippen LogP contribution is -2.24. The Balaban J connectivity index is 1.82. The summed E-state index contributed by atoms with van der Waals surface area (Å²) in [5.41, 5.74) is 1.52. The van der Waals surface area contributed by atoms with E-state index in [0.29, 0.717) is 18.8 Å². The zero-order chi connectivity index (χ0) is 16.9. The topological polar surface area (TPSA) is 80.7 Å². The number of rotatable bonds is 5. The fraction of sp³-hybridized carbons (Fsp3) is 0.333. The van der Waals surface area contributed by atoms with Crippen LogP contribution in [0.25, 0.3) is 0 Å². The lowest BCUT2D eigenvalue weighted by Gasteiger charge is -2.14. The highest BCUT2D eigenvalue weighted by atomic mass is 16.5. The molecule has 2 aromatic rings. The van der Waals surface area contributed by atoms with Gasteiger partial charge in [-0.1, -0.05) is 30.3 Å². The van der Waals surface area contributed by atoms with Gasteiger partial charge in [-0.05, 0) is 18.4 Å². The minimum atomic E-state index is -0.450. The van der Waals surface area contributed by atoms with E-state index in [4.69, 9.17) is 9.47 Å². The summed E-state index contributed by atoms with van der Waals surface area (Å²) in [6, 6.07) is 11.2. The van der Waals surface area contributed by atoms with Crippen molar-refractivity contribution in [1.29, 1.82) is 0 Å². The largest absolute Gasteiger partial charge is 0.503 e. The Kier molecular flexibility index (Phi) is 4.96. The minimum Gasteiger partial charge on any atom is -0.503 e. The van der Waals surface area contributed by atoms with Gasteiger partial charge >= 0.3 is 0 Å². The van der Waals surface area contributed by atoms with Crippen LogP contribution in [-0.4, -0.2) is 29.7 Å². The number of nitrogens with one attached hydrogen (secondary N) is 1. The number of pyridine rings is 1. The molecule has 24 heavy (non-hydrogen) atoms. The highest BCUT2D eigenvalue weighted by molar-refractivity contribution is 5.95. The van der Waals surface area contributed by atoms with Gasteiger partial charge in [0.1, 0.15) is 0 Å². The second-order valence-corrected chi connectivity index (χ2v) is 5.62. The van der Waals surface area contributed by atoms with Gasteiger partial charge in [0.2, 0.25) is 0 Å². The SMILES string of the molecule is COc1cc(C2CCCO2)nc(C(=O)NCc2ccccc2)c1O. The van der Waals surface area contributed by atoms with E-state index in [-0.39, 0.29) is 23.3 Å². The van der Waals surface area contributed by atoms with E-state index in [0.717, 1.165) is 18.4 Å². The molecule has 1 aromatic carbocycles. The molecule has 6 heteroatoms. The minimum absolute atomic E-state index is 0.0456. The van der Waals surface area contributed by atoms with Crippen LogP contribution in [0.4, 0.5) is 0 Å². The summed E-state index contributed by atoms with van der Waals surface area (Å²) in [5.74, 6) is -0.486. The van der Waals surface area contributed by atoms with E-state index in [2.05, 4.69) is 10.3 Å². The number of ether oxygens (including phenoxy) is 2. The molecule has 1 fully saturated rings. The molecule has 1 amide bonds. The van der Waals surface area contributed by atoms with Crippen LogP contribution >= 0.6 is 0 Å². The van der Waals surface area contributed by atoms with E-state index >= 15 is 0 Å². The van der Waals surface area contributed by atoms with E-state index in [1.165, 1.54) is 7.11 Å². The Bertz CT molecular complexity index is 712. The maximum atomic E-state index is 12.4. The van der Waals surface area contributed by atoms with Crippen LogP contribution in [0.15, 0.2) is 36.4 Å². The first-order valence-electron chi connectivity index (χ1n) is 7.90. The highest BCUT2D eigenvalue weighted by Crippen LogP contribution is 2.35. The van der Waals surface area contributed by atoms with Crippen LogP contribution < -0.4 is 10.1 Å². The van der Waals surface area contributed by atoms with Gasteiger partial charge in [-0.2, -0.15) is 0 Å². The monoisotopic (exact) mass is 328 g/mol. The van der Waals surface area contributed by atoms with Gasteiger partial charge in [-0.25, -0.2) is 4.98 Å². The molecule has 0 spiro atoms. The maximum absolute atomic E-state index is 12.4. The van der Waals surface area contributed by atoms with Gasteiger partial charge in [0, 0.05) is 19.2 Å². The molecular formula is C18H20N2O4. The molecule has 2 N–H and O–H groups in total. The molecular weight excluding hydrogens is 308 g/mol. The number of amides is 1. The Morgan fingerprint density at radius 1 is 1.42 bits per heavy atom. The molecule has 1 saturated heterocycles. The van der Waals surface area contributed by atoms with Gasteiger partial charge in [-0.3, -0.25) is 4.79 Å². The van der Waals surface area contributed by atoms with Crippen molar-refractivity contribution in [2.24, 2.45) is 0 Å². The Morgan fingerprint density at radius 3 is 2.88 bits per heavy atom. The summed E-state index contributed by atoms with van der Waals surface area (Å²) in [4.78, 5) is 16.8. The smallest absolute Gasteiger partial charge is 0.274 e. The fourth-order valence-corrected chi connectivity index (χ4v) is 2.69. The molecule has 126 valence electrons. The standard InChI is InChI=1S/C18H20N2O4/c1-23-15-10-13(14-8-5-9-24-14)20-16(17(15)21)18(22)19-11-12-6-3-2-4-7-12/h2-4,6-7,10,14,21H,5,8-9,11H2,1H3,(H,19,22). The number of carbonyl (C=O) groups excluding carboxylic acids is 1. The average Bonchev–Trinajstić information content (AvgIpc) is 3.15. The Labute approximate surface area is 140 Å². The predicted octanol–water partition coefficient (Wildman–Crippen LogP) is 2.58.